The van der Waals surface area contributed by atoms with E-state index in [0.29, 0.717) is 0 Å². The molecule has 150 valence electrons. The molecule has 1 aliphatic rings. The van der Waals surface area contributed by atoms with Gasteiger partial charge in [0.2, 0.25) is 0 Å². The summed E-state index contributed by atoms with van der Waals surface area (Å²) in [6, 6.07) is 0. The predicted octanol–water partition coefficient (Wildman–Crippen LogP) is 8.18. The first-order chi connectivity index (χ1) is 11.9. The Bertz CT molecular complexity index is 312. The van der Waals surface area contributed by atoms with Crippen molar-refractivity contribution in [2.75, 3.05) is 0 Å². The van der Waals surface area contributed by atoms with Crippen molar-refractivity contribution in [1.82, 2.24) is 0 Å². The summed E-state index contributed by atoms with van der Waals surface area (Å²) in [6.45, 7) is 14.5. The monoisotopic (exact) mass is 476 g/mol. The molecule has 1 unspecified atom stereocenters. The zero-order valence-corrected chi connectivity index (χ0v) is 22.3. The molecular weight excluding hydrogens is 427 g/mol. The summed E-state index contributed by atoms with van der Waals surface area (Å²) >= 11 is -2.31. The van der Waals surface area contributed by atoms with E-state index in [9.17, 15) is 0 Å². The fraction of sp³-hybridized carbons (Fsp3) is 1.00. The van der Waals surface area contributed by atoms with Crippen molar-refractivity contribution in [1.29, 1.82) is 0 Å². The Morgan fingerprint density at radius 2 is 1.24 bits per heavy atom. The molecule has 0 saturated heterocycles. The molecule has 1 aliphatic carbocycles. The van der Waals surface area contributed by atoms with Crippen molar-refractivity contribution in [3.63, 3.8) is 0 Å². The van der Waals surface area contributed by atoms with Crippen LogP contribution in [-0.4, -0.2) is 30.8 Å². The average Bonchev–Trinajstić information content (AvgIpc) is 2.60. The summed E-state index contributed by atoms with van der Waals surface area (Å²) in [5.74, 6) is 0.918. The van der Waals surface area contributed by atoms with Gasteiger partial charge in [-0.3, -0.25) is 0 Å². The molecule has 1 fully saturated rings. The van der Waals surface area contributed by atoms with Crippen LogP contribution in [0.2, 0.25) is 33.0 Å². The van der Waals surface area contributed by atoms with Crippen LogP contribution in [0.1, 0.15) is 91.4 Å². The fourth-order valence-electron chi connectivity index (χ4n) is 4.93. The second-order valence-corrected chi connectivity index (χ2v) is 27.9. The van der Waals surface area contributed by atoms with Gasteiger partial charge in [0.05, 0.1) is 0 Å². The molecule has 0 aromatic heterocycles. The molecule has 0 radical (unpaired) electrons. The molecule has 0 heterocycles. The van der Waals surface area contributed by atoms with Crippen LogP contribution in [0.4, 0.5) is 0 Å². The molecule has 0 N–H and O–H groups in total. The van der Waals surface area contributed by atoms with Crippen LogP contribution < -0.4 is 0 Å². The van der Waals surface area contributed by atoms with Gasteiger partial charge >= 0.3 is 166 Å². The van der Waals surface area contributed by atoms with E-state index >= 15 is 0 Å². The number of hydrogen-bond donors (Lipinski definition) is 0. The summed E-state index contributed by atoms with van der Waals surface area (Å²) in [4.78, 5) is 0. The van der Waals surface area contributed by atoms with E-state index in [1.807, 2.05) is 0 Å². The molecule has 1 atom stereocenters. The molecule has 3 heteroatoms. The summed E-state index contributed by atoms with van der Waals surface area (Å²) in [7, 11) is -1.48. The maximum atomic E-state index is 7.17. The van der Waals surface area contributed by atoms with Gasteiger partial charge in [0.25, 0.3) is 0 Å². The van der Waals surface area contributed by atoms with E-state index < -0.39 is 26.7 Å². The van der Waals surface area contributed by atoms with Crippen molar-refractivity contribution >= 4 is 26.7 Å². The standard InChI is InChI=1S/C10H21OSi.3C4H9.Sn/c1-12(2,3)11-9-10-7-5-4-6-8-10;3*1-3-4-2;/h9-10H,4-8H2,1-3H3;3*1,3-4H2,2H3;. The quantitative estimate of drug-likeness (QED) is 0.244. The van der Waals surface area contributed by atoms with Crippen molar-refractivity contribution < 1.29 is 4.43 Å². The minimum atomic E-state index is -2.31. The first-order valence-electron chi connectivity index (χ1n) is 11.6. The topological polar surface area (TPSA) is 9.23 Å². The van der Waals surface area contributed by atoms with Gasteiger partial charge in [0.15, 0.2) is 0 Å². The van der Waals surface area contributed by atoms with Crippen LogP contribution >= 0.6 is 0 Å². The van der Waals surface area contributed by atoms with E-state index in [2.05, 4.69) is 40.4 Å². The van der Waals surface area contributed by atoms with Gasteiger partial charge in [-0.1, -0.05) is 0 Å². The summed E-state index contributed by atoms with van der Waals surface area (Å²) in [6.07, 6.45) is 15.9. The number of hydrogen-bond acceptors (Lipinski definition) is 1. The molecule has 0 aromatic rings. The number of rotatable bonds is 13. The van der Waals surface area contributed by atoms with E-state index in [-0.39, 0.29) is 0 Å². The molecular formula is C22H48OSiSn. The third-order valence-electron chi connectivity index (χ3n) is 6.25. The molecule has 0 aliphatic heterocycles. The second-order valence-electron chi connectivity index (χ2n) is 9.72. The van der Waals surface area contributed by atoms with Crippen LogP contribution in [0.25, 0.3) is 0 Å². The molecule has 25 heavy (non-hydrogen) atoms. The van der Waals surface area contributed by atoms with Crippen LogP contribution in [0.3, 0.4) is 0 Å². The predicted molar refractivity (Wildman–Crippen MR) is 120 cm³/mol. The molecule has 0 amide bonds. The first-order valence-corrected chi connectivity index (χ1v) is 22.7. The van der Waals surface area contributed by atoms with E-state index in [0.717, 1.165) is 10.0 Å². The van der Waals surface area contributed by atoms with Gasteiger partial charge in [0, 0.05) is 0 Å². The Labute approximate surface area is 165 Å². The molecule has 1 rings (SSSR count). The van der Waals surface area contributed by atoms with Crippen molar-refractivity contribution in [3.05, 3.63) is 0 Å². The Balaban J connectivity index is 3.14. The van der Waals surface area contributed by atoms with Crippen LogP contribution in [0.15, 0.2) is 0 Å². The van der Waals surface area contributed by atoms with Crippen molar-refractivity contribution in [2.45, 2.75) is 128 Å². The molecule has 0 spiro atoms. The van der Waals surface area contributed by atoms with Crippen LogP contribution in [0, 0.1) is 5.92 Å². The third-order valence-corrected chi connectivity index (χ3v) is 24.6. The van der Waals surface area contributed by atoms with E-state index in [1.165, 1.54) is 70.6 Å². The zero-order valence-electron chi connectivity index (χ0n) is 18.5. The average molecular weight is 475 g/mol. The Morgan fingerprint density at radius 1 is 0.800 bits per heavy atom. The normalized spacial score (nSPS) is 18.5. The zero-order chi connectivity index (χ0) is 18.8. The fourth-order valence-corrected chi connectivity index (χ4v) is 28.7. The molecule has 1 saturated carbocycles. The van der Waals surface area contributed by atoms with Crippen LogP contribution in [0.5, 0.6) is 0 Å². The SMILES string of the molecule is CCC[CH2][Sn]([CH2]CCC)([CH2]CCC)[CH](O[Si](C)(C)C)C1CCCCC1. The van der Waals surface area contributed by atoms with Gasteiger partial charge in [-0.05, 0) is 0 Å². The van der Waals surface area contributed by atoms with Gasteiger partial charge < -0.3 is 0 Å². The molecule has 0 aromatic carbocycles. The van der Waals surface area contributed by atoms with Crippen molar-refractivity contribution in [2.24, 2.45) is 5.92 Å². The van der Waals surface area contributed by atoms with Crippen LogP contribution in [-0.2, 0) is 4.43 Å². The summed E-state index contributed by atoms with van der Waals surface area (Å²) in [5, 5.41) is 0. The second kappa shape index (κ2) is 12.4. The first kappa shape index (κ1) is 24.0. The number of unbranched alkanes of at least 4 members (excludes halogenated alkanes) is 3. The van der Waals surface area contributed by atoms with Gasteiger partial charge in [-0.25, -0.2) is 0 Å². The summed E-state index contributed by atoms with van der Waals surface area (Å²) < 4.78 is 12.7. The third kappa shape index (κ3) is 8.68. The molecule has 1 nitrogen and oxygen atoms in total. The molecule has 0 bridgehead atoms. The van der Waals surface area contributed by atoms with Gasteiger partial charge in [-0.15, -0.1) is 0 Å². The minimum absolute atomic E-state index is 0.742. The summed E-state index contributed by atoms with van der Waals surface area (Å²) in [5.41, 5.74) is 0. The van der Waals surface area contributed by atoms with Crippen molar-refractivity contribution in [3.8, 4) is 0 Å². The van der Waals surface area contributed by atoms with E-state index in [1.54, 1.807) is 13.3 Å². The Hall–Kier alpha value is 0.976. The Morgan fingerprint density at radius 3 is 1.60 bits per heavy atom. The maximum absolute atomic E-state index is 7.17. The Kier molecular flexibility index (Phi) is 11.9. The van der Waals surface area contributed by atoms with Gasteiger partial charge in [-0.2, -0.15) is 0 Å². The van der Waals surface area contributed by atoms with E-state index in [4.69, 9.17) is 4.43 Å². The van der Waals surface area contributed by atoms with Gasteiger partial charge in [0.1, 0.15) is 0 Å².